The Balaban J connectivity index is -0.000000167. The van der Waals surface area contributed by atoms with Crippen LogP contribution in [0.5, 0.6) is 0 Å². The number of thioether (sulfide) groups is 2. The SMILES string of the molecule is C=C(C)C(=C)OCCOCCOCC(C)C.C=C(C)C(=O)OCCNC(=O)OCC(C)C.C=C(C)C(=O)OCCOC(C)C(C)C.C=C(C)C(=O)OCCOCC(C)C.C=C(C)C(=O)OCCSCC(C)C.C=CC(=C)OCCOCCOCC(C)C.C=CC(=O)OCCNC(=O)OCC(C)C.C=CC(=O)OCCOC(C)C(C)C.C=CC(=O)OCCOCC(C)C.C=CC(=O)OCCSCC(C)C. The molecule has 810 valence electrons. The van der Waals surface area contributed by atoms with Gasteiger partial charge in [-0.2, -0.15) is 23.5 Å². The second-order valence-corrected chi connectivity index (χ2v) is 36.5. The third-order valence-electron chi connectivity index (χ3n) is 14.7. The number of carbonyl (C=O) groups is 10. The first-order chi connectivity index (χ1) is 65.1. The molecule has 2 atom stereocenters. The summed E-state index contributed by atoms with van der Waals surface area (Å²) in [5, 5.41) is 4.91. The van der Waals surface area contributed by atoms with E-state index in [0.717, 1.165) is 60.0 Å². The van der Waals surface area contributed by atoms with Crippen LogP contribution in [0.25, 0.3) is 0 Å². The fourth-order valence-electron chi connectivity index (χ4n) is 6.83. The molecule has 0 fully saturated rings. The van der Waals surface area contributed by atoms with Crippen molar-refractivity contribution in [3.63, 3.8) is 0 Å². The molecule has 0 spiro atoms. The van der Waals surface area contributed by atoms with Gasteiger partial charge in [0.05, 0.1) is 105 Å². The summed E-state index contributed by atoms with van der Waals surface area (Å²) in [6.07, 6.45) is 5.50. The summed E-state index contributed by atoms with van der Waals surface area (Å²) in [5.41, 5.74) is 2.49. The van der Waals surface area contributed by atoms with Crippen molar-refractivity contribution in [3.8, 4) is 0 Å². The van der Waals surface area contributed by atoms with Gasteiger partial charge in [-0.15, -0.1) is 0 Å². The average molecular weight is 2020 g/mol. The Labute approximate surface area is 847 Å². The molecule has 0 radical (unpaired) electrons. The predicted octanol–water partition coefficient (Wildman–Crippen LogP) is 19.5. The Kier molecular flexibility index (Phi) is 119. The second-order valence-electron chi connectivity index (χ2n) is 34.2. The minimum atomic E-state index is -0.507. The third kappa shape index (κ3) is 142. The van der Waals surface area contributed by atoms with E-state index in [1.807, 2.05) is 60.2 Å². The van der Waals surface area contributed by atoms with E-state index in [1.165, 1.54) is 6.08 Å². The number of carbonyl (C=O) groups excluding carboxylic acids is 10. The van der Waals surface area contributed by atoms with Crippen molar-refractivity contribution in [1.82, 2.24) is 10.6 Å². The van der Waals surface area contributed by atoms with Crippen molar-refractivity contribution in [3.05, 3.63) is 149 Å². The van der Waals surface area contributed by atoms with Gasteiger partial charge in [-0.05, 0) is 131 Å². The molecule has 0 aliphatic rings. The van der Waals surface area contributed by atoms with Crippen LogP contribution in [0.3, 0.4) is 0 Å². The van der Waals surface area contributed by atoms with Gasteiger partial charge in [0.1, 0.15) is 77.6 Å². The van der Waals surface area contributed by atoms with Gasteiger partial charge in [-0.1, -0.05) is 217 Å². The van der Waals surface area contributed by atoms with E-state index in [9.17, 15) is 47.9 Å². The predicted molar refractivity (Wildman–Crippen MR) is 560 cm³/mol. The lowest BCUT2D eigenvalue weighted by Crippen LogP contribution is -2.29. The van der Waals surface area contributed by atoms with E-state index in [1.54, 1.807) is 45.5 Å². The lowest BCUT2D eigenvalue weighted by Gasteiger charge is -2.16. The number of alkyl carbamates (subject to hydrolysis) is 2. The lowest BCUT2D eigenvalue weighted by molar-refractivity contribution is -0.141. The van der Waals surface area contributed by atoms with Crippen molar-refractivity contribution in [2.75, 3.05) is 208 Å². The first-order valence-corrected chi connectivity index (χ1v) is 49.5. The number of hydrogen-bond donors (Lipinski definition) is 2. The molecule has 0 aromatic carbocycles. The standard InChI is InChI=1S/C13H24O3.C12H22O3.C11H19NO4.C11H20O3.C10H17NO4.2C10H18O3.C10H18O2S.C9H16O3.C9H16O2S/c1-11(2)10-15-7-6-14-8-9-16-13(5)12(3)4;1-5-12(4)15-9-8-13-6-7-14-10-11(2)3;1-8(2)7-16-11(14)12-5-6-15-10(13)9(3)4;1-8(2)10(5)13-6-7-14-11(12)9(3)4;1-4-9(12)14-6-5-11-10(13)15-7-8(2)3;1-8(2)7-12-5-6-13-10(11)9(3)4;1-5-10(11)13-7-6-12-9(4)8(2)3;1-8(2)7-13-6-5-12-10(11)9(3)4;1-4-9(10)12-6-5-11-7-8(2)3;1-4-9(10)11-5-6-12-7-8(2)3/h11H,3,5-10H2,1-2,4H3;5,11H,1,4,6-10H2,2-3H3;8H,3,5-7H2,1-2,4H3,(H,12,14);8,10H,3,6-7H2,1-2,4-5H3;4,8H,1,5-7H2,2-3H3,(H,11,13);8H,3,5-7H2,1-2,4H3;5,8-9H,1,6-7H2,2-4H3;8H,3,5-7H2,1-2,4H3;2*4,8H,1,5-7H2,2-3H3. The summed E-state index contributed by atoms with van der Waals surface area (Å²) >= 11 is 3.61. The quantitative estimate of drug-likeness (QED) is 0.0143. The number of amides is 2. The first kappa shape index (κ1) is 150. The normalized spacial score (nSPS) is 10.5. The second kappa shape index (κ2) is 110. The van der Waals surface area contributed by atoms with Crippen LogP contribution in [-0.4, -0.2) is 280 Å². The highest BCUT2D eigenvalue weighted by molar-refractivity contribution is 7.99. The smallest absolute Gasteiger partial charge is 0.407 e. The Morgan fingerprint density at radius 3 is 0.777 bits per heavy atom. The largest absolute Gasteiger partial charge is 0.492 e. The van der Waals surface area contributed by atoms with Crippen LogP contribution in [0, 0.1) is 59.2 Å². The lowest BCUT2D eigenvalue weighted by atomic mass is 10.1. The molecule has 0 aromatic heterocycles. The molecular weight excluding hydrogens is 1830 g/mol. The maximum atomic E-state index is 11.0. The molecule has 0 saturated heterocycles. The van der Waals surface area contributed by atoms with Crippen LogP contribution in [0.1, 0.15) is 187 Å². The van der Waals surface area contributed by atoms with Gasteiger partial charge in [0.2, 0.25) is 0 Å². The maximum Gasteiger partial charge on any atom is 0.407 e. The van der Waals surface area contributed by atoms with Crippen LogP contribution in [0.15, 0.2) is 149 Å². The van der Waals surface area contributed by atoms with E-state index in [2.05, 4.69) is 205 Å². The van der Waals surface area contributed by atoms with Crippen molar-refractivity contribution in [2.24, 2.45) is 59.2 Å². The van der Waals surface area contributed by atoms with Crippen LogP contribution in [0.4, 0.5) is 9.59 Å². The van der Waals surface area contributed by atoms with Crippen molar-refractivity contribution in [2.45, 2.75) is 199 Å². The van der Waals surface area contributed by atoms with Crippen molar-refractivity contribution < 1.29 is 143 Å². The highest BCUT2D eigenvalue weighted by Gasteiger charge is 2.13. The molecule has 32 nitrogen and oxygen atoms in total. The summed E-state index contributed by atoms with van der Waals surface area (Å²) in [6, 6.07) is 0. The van der Waals surface area contributed by atoms with Gasteiger partial charge in [0, 0.05) is 84.5 Å². The number of allylic oxidation sites excluding steroid dienone is 2. The molecule has 0 heterocycles. The molecule has 2 N–H and O–H groups in total. The number of hydrogen-bond acceptors (Lipinski definition) is 32. The Hall–Kier alpha value is -8.84. The molecule has 0 aliphatic carbocycles. The molecule has 0 rings (SSSR count). The van der Waals surface area contributed by atoms with Gasteiger partial charge in [0.15, 0.2) is 0 Å². The van der Waals surface area contributed by atoms with Gasteiger partial charge < -0.3 is 105 Å². The molecule has 0 bridgehead atoms. The topological polar surface area (TPSA) is 379 Å². The number of rotatable bonds is 68. The molecule has 139 heavy (non-hydrogen) atoms. The molecular formula is C105H188N2O30S2. The fraction of sp³-hybridized carbons (Fsp3) is 0.676. The van der Waals surface area contributed by atoms with Gasteiger partial charge in [-0.25, -0.2) is 47.9 Å². The van der Waals surface area contributed by atoms with Crippen molar-refractivity contribution >= 4 is 83.5 Å². The highest BCUT2D eigenvalue weighted by Crippen LogP contribution is 2.11. The molecule has 2 amide bonds. The molecule has 2 unspecified atom stereocenters. The number of nitrogens with one attached hydrogen (secondary N) is 2. The zero-order chi connectivity index (χ0) is 109. The summed E-state index contributed by atoms with van der Waals surface area (Å²) in [7, 11) is 0. The van der Waals surface area contributed by atoms with Crippen molar-refractivity contribution in [1.29, 1.82) is 0 Å². The zero-order valence-electron chi connectivity index (χ0n) is 90.5. The number of esters is 8. The first-order valence-electron chi connectivity index (χ1n) is 47.2. The van der Waals surface area contributed by atoms with E-state index < -0.39 is 36.1 Å². The summed E-state index contributed by atoms with van der Waals surface area (Å²) < 4.78 is 101. The highest BCUT2D eigenvalue weighted by atomic mass is 32.2. The Morgan fingerprint density at radius 2 is 0.489 bits per heavy atom. The van der Waals surface area contributed by atoms with Gasteiger partial charge in [0.25, 0.3) is 0 Å². The minimum Gasteiger partial charge on any atom is -0.492 e. The minimum absolute atomic E-state index is 0.113. The Morgan fingerprint density at radius 1 is 0.252 bits per heavy atom. The molecule has 0 aromatic rings. The van der Waals surface area contributed by atoms with Crippen LogP contribution < -0.4 is 10.6 Å². The summed E-state index contributed by atoms with van der Waals surface area (Å²) in [4.78, 5) is 108. The zero-order valence-corrected chi connectivity index (χ0v) is 92.1. The van der Waals surface area contributed by atoms with Crippen LogP contribution >= 0.6 is 23.5 Å². The van der Waals surface area contributed by atoms with Gasteiger partial charge >= 0.3 is 59.9 Å². The Bertz CT molecular complexity index is 3180. The number of ether oxygens (including phenoxy) is 20. The molecule has 0 saturated carbocycles. The summed E-state index contributed by atoms with van der Waals surface area (Å²) in [6.45, 7) is 108. The van der Waals surface area contributed by atoms with E-state index in [-0.39, 0.29) is 62.4 Å². The monoisotopic (exact) mass is 2020 g/mol. The van der Waals surface area contributed by atoms with Crippen LogP contribution in [-0.2, 0) is 133 Å². The third-order valence-corrected chi connectivity index (χ3v) is 17.4. The van der Waals surface area contributed by atoms with E-state index >= 15 is 0 Å². The van der Waals surface area contributed by atoms with E-state index in [4.69, 9.17) is 90.0 Å². The fourth-order valence-corrected chi connectivity index (χ4v) is 8.51. The summed E-state index contributed by atoms with van der Waals surface area (Å²) in [5.74, 6) is 7.21. The van der Waals surface area contributed by atoms with Gasteiger partial charge in [-0.3, -0.25) is 0 Å². The maximum absolute atomic E-state index is 11.0. The molecule has 0 aliphatic heterocycles. The van der Waals surface area contributed by atoms with E-state index in [0.29, 0.717) is 238 Å². The van der Waals surface area contributed by atoms with Crippen LogP contribution in [0.2, 0.25) is 0 Å². The molecule has 34 heteroatoms. The average Bonchev–Trinajstić information content (AvgIpc) is 0.987.